The van der Waals surface area contributed by atoms with Crippen molar-refractivity contribution < 1.29 is 38.2 Å². The summed E-state index contributed by atoms with van der Waals surface area (Å²) in [5, 5.41) is 8.88. The Morgan fingerprint density at radius 1 is 0.797 bits per heavy atom. The summed E-state index contributed by atoms with van der Waals surface area (Å²) >= 11 is 0. The molecule has 13 heteroatoms. The molecule has 326 valence electrons. The Bertz CT molecular complexity index is 1810. The standard InChI is InChI=1S/C46H69N5O8/c1-27(2)35(22-29(5)44(57)58-14)51(13)43(56)40(45(7,8)9)50-42(55)39(48-12)46(10,11)34-17-15-16-33(23-34)25-37(53)59-26-32-20-18-31(19-21-32)24-36(52)30(6)49-41(54)38(47)28(3)4/h15-23,27-28,30,35,38-40,48H,24-26,47H2,1-14H3,(H,49,54)(H,50,55)/b29-22+/t30-,35+,38-,39?,40+/m0/s1. The van der Waals surface area contributed by atoms with Gasteiger partial charge in [-0.15, -0.1) is 0 Å². The Kier molecular flexibility index (Phi) is 18.7. The minimum atomic E-state index is -0.892. The van der Waals surface area contributed by atoms with E-state index in [-0.39, 0.29) is 54.8 Å². The molecule has 2 rings (SSSR count). The third-order valence-corrected chi connectivity index (χ3v) is 10.8. The number of carbonyl (C=O) groups excluding carboxylic acids is 6. The number of likely N-dealkylation sites (N-methyl/N-ethyl adjacent to an activating group) is 2. The lowest BCUT2D eigenvalue weighted by atomic mass is 9.76. The Morgan fingerprint density at radius 3 is 1.92 bits per heavy atom. The number of ketones is 1. The van der Waals surface area contributed by atoms with E-state index in [1.807, 2.05) is 86.6 Å². The van der Waals surface area contributed by atoms with Crippen LogP contribution in [0.1, 0.15) is 98.4 Å². The number of carbonyl (C=O) groups is 6. The van der Waals surface area contributed by atoms with Crippen molar-refractivity contribution >= 4 is 35.4 Å². The highest BCUT2D eigenvalue weighted by Crippen LogP contribution is 2.30. The number of nitrogens with zero attached hydrogens (tertiary/aromatic N) is 1. The van der Waals surface area contributed by atoms with E-state index in [1.165, 1.54) is 7.11 Å². The monoisotopic (exact) mass is 820 g/mol. The molecule has 2 aromatic rings. The summed E-state index contributed by atoms with van der Waals surface area (Å²) in [4.78, 5) is 80.0. The number of hydrogen-bond donors (Lipinski definition) is 4. The van der Waals surface area contributed by atoms with Crippen molar-refractivity contribution in [1.29, 1.82) is 0 Å². The summed E-state index contributed by atoms with van der Waals surface area (Å²) < 4.78 is 10.5. The lowest BCUT2D eigenvalue weighted by Gasteiger charge is -2.40. The summed E-state index contributed by atoms with van der Waals surface area (Å²) in [6, 6.07) is 11.2. The Hall–Kier alpha value is -4.88. The third-order valence-electron chi connectivity index (χ3n) is 10.8. The van der Waals surface area contributed by atoms with E-state index in [2.05, 4.69) is 16.0 Å². The first kappa shape index (κ1) is 50.3. The molecule has 0 fully saturated rings. The maximum atomic E-state index is 14.1. The molecule has 0 aliphatic carbocycles. The number of esters is 2. The van der Waals surface area contributed by atoms with Gasteiger partial charge in [0, 0.05) is 24.5 Å². The van der Waals surface area contributed by atoms with Gasteiger partial charge in [-0.1, -0.05) is 117 Å². The first-order valence-electron chi connectivity index (χ1n) is 20.3. The van der Waals surface area contributed by atoms with Gasteiger partial charge in [0.15, 0.2) is 5.78 Å². The van der Waals surface area contributed by atoms with Crippen LogP contribution in [0.4, 0.5) is 0 Å². The molecule has 0 spiro atoms. The van der Waals surface area contributed by atoms with E-state index >= 15 is 0 Å². The predicted octanol–water partition coefficient (Wildman–Crippen LogP) is 4.57. The van der Waals surface area contributed by atoms with Crippen LogP contribution in [0.15, 0.2) is 60.2 Å². The highest BCUT2D eigenvalue weighted by Gasteiger charge is 2.42. The molecular weight excluding hydrogens is 751 g/mol. The molecule has 13 nitrogen and oxygen atoms in total. The Labute approximate surface area is 351 Å². The van der Waals surface area contributed by atoms with Gasteiger partial charge < -0.3 is 36.1 Å². The van der Waals surface area contributed by atoms with Gasteiger partial charge in [0.25, 0.3) is 0 Å². The van der Waals surface area contributed by atoms with Gasteiger partial charge in [-0.25, -0.2) is 4.79 Å². The number of amides is 3. The third kappa shape index (κ3) is 14.4. The second-order valence-corrected chi connectivity index (χ2v) is 17.8. The summed E-state index contributed by atoms with van der Waals surface area (Å²) in [5.74, 6) is -2.16. The Morgan fingerprint density at radius 2 is 1.39 bits per heavy atom. The summed E-state index contributed by atoms with van der Waals surface area (Å²) in [5.41, 5.74) is 7.86. The molecule has 2 aromatic carbocycles. The highest BCUT2D eigenvalue weighted by atomic mass is 16.5. The molecule has 0 aliphatic heterocycles. The van der Waals surface area contributed by atoms with Gasteiger partial charge in [-0.3, -0.25) is 24.0 Å². The largest absolute Gasteiger partial charge is 0.466 e. The van der Waals surface area contributed by atoms with Crippen molar-refractivity contribution in [3.63, 3.8) is 0 Å². The normalized spacial score (nSPS) is 14.8. The second-order valence-electron chi connectivity index (χ2n) is 17.8. The average molecular weight is 820 g/mol. The zero-order valence-electron chi connectivity index (χ0n) is 37.6. The van der Waals surface area contributed by atoms with Crippen molar-refractivity contribution in [1.82, 2.24) is 20.9 Å². The van der Waals surface area contributed by atoms with E-state index in [0.29, 0.717) is 11.1 Å². The van der Waals surface area contributed by atoms with Crippen LogP contribution in [0.3, 0.4) is 0 Å². The minimum absolute atomic E-state index is 0.00481. The van der Waals surface area contributed by atoms with Crippen LogP contribution < -0.4 is 21.7 Å². The average Bonchev–Trinajstić information content (AvgIpc) is 3.16. The molecule has 0 radical (unpaired) electrons. The van der Waals surface area contributed by atoms with Crippen LogP contribution in [0.25, 0.3) is 0 Å². The lowest BCUT2D eigenvalue weighted by Crippen LogP contribution is -2.61. The SMILES string of the molecule is CNC(C(=O)N[C@H](C(=O)N(C)[C@H](/C=C(\C)C(=O)OC)C(C)C)C(C)(C)C)C(C)(C)c1cccc(CC(=O)OCc2ccc(CC(=O)[C@H](C)NC(=O)[C@@H](N)C(C)C)cc2)c1. The van der Waals surface area contributed by atoms with Crippen LogP contribution in [0.2, 0.25) is 0 Å². The van der Waals surface area contributed by atoms with Gasteiger partial charge in [-0.2, -0.15) is 0 Å². The molecule has 5 N–H and O–H groups in total. The van der Waals surface area contributed by atoms with Crippen molar-refractivity contribution in [2.75, 3.05) is 21.2 Å². The second kappa shape index (κ2) is 21.9. The van der Waals surface area contributed by atoms with Gasteiger partial charge in [0.1, 0.15) is 12.6 Å². The van der Waals surface area contributed by atoms with Gasteiger partial charge in [0.2, 0.25) is 17.7 Å². The number of ether oxygens (including phenoxy) is 2. The van der Waals surface area contributed by atoms with E-state index < -0.39 is 53.0 Å². The molecule has 0 saturated carbocycles. The van der Waals surface area contributed by atoms with Crippen LogP contribution in [-0.2, 0) is 63.1 Å². The fourth-order valence-corrected chi connectivity index (χ4v) is 6.71. The molecular formula is C46H69N5O8. The molecule has 0 saturated heterocycles. The first-order valence-corrected chi connectivity index (χ1v) is 20.3. The number of Topliss-reactive ketones (excluding diaryl/α,β-unsaturated/α-hetero) is 1. The summed E-state index contributed by atoms with van der Waals surface area (Å²) in [6.45, 7) is 20.5. The molecule has 0 bridgehead atoms. The minimum Gasteiger partial charge on any atom is -0.466 e. The van der Waals surface area contributed by atoms with Crippen molar-refractivity contribution in [3.05, 3.63) is 82.4 Å². The maximum Gasteiger partial charge on any atom is 0.333 e. The van der Waals surface area contributed by atoms with Crippen molar-refractivity contribution in [2.45, 2.75) is 131 Å². The molecule has 0 aliphatic rings. The number of methoxy groups -OCH3 is 1. The number of benzene rings is 2. The maximum absolute atomic E-state index is 14.1. The van der Waals surface area contributed by atoms with Crippen LogP contribution in [-0.4, -0.2) is 91.8 Å². The molecule has 5 atom stereocenters. The molecule has 0 aromatic heterocycles. The molecule has 3 amide bonds. The fourth-order valence-electron chi connectivity index (χ4n) is 6.71. The highest BCUT2D eigenvalue weighted by molar-refractivity contribution is 5.93. The van der Waals surface area contributed by atoms with Crippen LogP contribution in [0, 0.1) is 17.3 Å². The van der Waals surface area contributed by atoms with Crippen molar-refractivity contribution in [2.24, 2.45) is 23.0 Å². The van der Waals surface area contributed by atoms with E-state index in [0.717, 1.165) is 16.7 Å². The van der Waals surface area contributed by atoms with Crippen molar-refractivity contribution in [3.8, 4) is 0 Å². The quantitative estimate of drug-likeness (QED) is 0.109. The topological polar surface area (TPSA) is 186 Å². The number of hydrogen-bond acceptors (Lipinski definition) is 10. The van der Waals surface area contributed by atoms with E-state index in [1.54, 1.807) is 63.2 Å². The van der Waals surface area contributed by atoms with Gasteiger partial charge in [-0.05, 0) is 60.4 Å². The summed E-state index contributed by atoms with van der Waals surface area (Å²) in [7, 11) is 4.68. The predicted molar refractivity (Wildman–Crippen MR) is 230 cm³/mol. The fraction of sp³-hybridized carbons (Fsp3) is 0.565. The van der Waals surface area contributed by atoms with Gasteiger partial charge >= 0.3 is 11.9 Å². The number of rotatable bonds is 20. The number of nitrogens with one attached hydrogen (secondary N) is 3. The van der Waals surface area contributed by atoms with Crippen LogP contribution >= 0.6 is 0 Å². The smallest absolute Gasteiger partial charge is 0.333 e. The first-order chi connectivity index (χ1) is 27.3. The van der Waals surface area contributed by atoms with E-state index in [4.69, 9.17) is 15.2 Å². The van der Waals surface area contributed by atoms with Crippen LogP contribution in [0.5, 0.6) is 0 Å². The molecule has 59 heavy (non-hydrogen) atoms. The zero-order chi connectivity index (χ0) is 45.0. The summed E-state index contributed by atoms with van der Waals surface area (Å²) in [6.07, 6.45) is 1.86. The number of nitrogens with two attached hydrogens (primary N) is 1. The molecule has 0 heterocycles. The molecule has 1 unspecified atom stereocenters. The lowest BCUT2D eigenvalue weighted by molar-refractivity contribution is -0.144. The Balaban J connectivity index is 2.13. The van der Waals surface area contributed by atoms with Gasteiger partial charge in [0.05, 0.1) is 37.7 Å². The zero-order valence-corrected chi connectivity index (χ0v) is 37.6. The van der Waals surface area contributed by atoms with E-state index in [9.17, 15) is 28.8 Å².